The van der Waals surface area contributed by atoms with Crippen molar-refractivity contribution in [1.29, 1.82) is 0 Å². The summed E-state index contributed by atoms with van der Waals surface area (Å²) in [4.78, 5) is 12.1. The Bertz CT molecular complexity index is 255. The number of carbonyl (C=O) groups excluding carboxylic acids is 1. The van der Waals surface area contributed by atoms with Crippen LogP contribution in [0.4, 0.5) is 0 Å². The molecule has 18 heavy (non-hydrogen) atoms. The normalized spacial score (nSPS) is 24.9. The molecule has 0 bridgehead atoms. The second-order valence-electron chi connectivity index (χ2n) is 6.39. The Morgan fingerprint density at radius 2 is 1.89 bits per heavy atom. The molecule has 106 valence electrons. The van der Waals surface area contributed by atoms with Crippen LogP contribution in [-0.2, 0) is 4.79 Å². The van der Waals surface area contributed by atoms with E-state index in [0.717, 1.165) is 18.8 Å². The standard InChI is InChI=1S/C15H29NO2/c1-4-5-6-12-7-9-13(10-8-12)14(18)16-15(2,3)11-17/h12-13,17H,4-11H2,1-3H3,(H,16,18). The van der Waals surface area contributed by atoms with Crippen molar-refractivity contribution in [1.82, 2.24) is 5.32 Å². The molecule has 0 atom stereocenters. The maximum absolute atomic E-state index is 12.1. The Morgan fingerprint density at radius 3 is 2.39 bits per heavy atom. The molecule has 0 aromatic heterocycles. The van der Waals surface area contributed by atoms with Crippen molar-refractivity contribution in [2.45, 2.75) is 71.3 Å². The van der Waals surface area contributed by atoms with Gasteiger partial charge in [-0.1, -0.05) is 26.2 Å². The minimum atomic E-state index is -0.490. The van der Waals surface area contributed by atoms with Gasteiger partial charge in [0.05, 0.1) is 12.1 Å². The summed E-state index contributed by atoms with van der Waals surface area (Å²) in [5, 5.41) is 12.1. The first-order chi connectivity index (χ1) is 8.48. The zero-order chi connectivity index (χ0) is 13.6. The Hall–Kier alpha value is -0.570. The molecule has 1 amide bonds. The molecule has 0 saturated heterocycles. The lowest BCUT2D eigenvalue weighted by atomic mass is 9.79. The molecule has 0 aromatic carbocycles. The summed E-state index contributed by atoms with van der Waals surface area (Å²) in [5.41, 5.74) is -0.490. The largest absolute Gasteiger partial charge is 0.394 e. The number of carbonyl (C=O) groups is 1. The van der Waals surface area contributed by atoms with Crippen LogP contribution in [0.25, 0.3) is 0 Å². The molecule has 0 spiro atoms. The van der Waals surface area contributed by atoms with Gasteiger partial charge in [0.25, 0.3) is 0 Å². The Labute approximate surface area is 111 Å². The van der Waals surface area contributed by atoms with Crippen molar-refractivity contribution < 1.29 is 9.90 Å². The fraction of sp³-hybridized carbons (Fsp3) is 0.933. The van der Waals surface area contributed by atoms with E-state index < -0.39 is 5.54 Å². The number of hydrogen-bond donors (Lipinski definition) is 2. The summed E-state index contributed by atoms with van der Waals surface area (Å²) in [6, 6.07) is 0. The van der Waals surface area contributed by atoms with E-state index in [1.807, 2.05) is 13.8 Å². The van der Waals surface area contributed by atoms with Gasteiger partial charge in [-0.15, -0.1) is 0 Å². The van der Waals surface area contributed by atoms with Crippen LogP contribution in [0.3, 0.4) is 0 Å². The highest BCUT2D eigenvalue weighted by molar-refractivity contribution is 5.79. The predicted octanol–water partition coefficient (Wildman–Crippen LogP) is 2.87. The van der Waals surface area contributed by atoms with E-state index >= 15 is 0 Å². The van der Waals surface area contributed by atoms with Gasteiger partial charge in [0, 0.05) is 5.92 Å². The zero-order valence-corrected chi connectivity index (χ0v) is 12.2. The second kappa shape index (κ2) is 7.13. The van der Waals surface area contributed by atoms with E-state index in [-0.39, 0.29) is 18.4 Å². The van der Waals surface area contributed by atoms with Crippen LogP contribution >= 0.6 is 0 Å². The summed E-state index contributed by atoms with van der Waals surface area (Å²) in [6.45, 7) is 5.94. The van der Waals surface area contributed by atoms with Crippen LogP contribution in [0, 0.1) is 11.8 Å². The number of aliphatic hydroxyl groups is 1. The molecule has 0 aromatic rings. The van der Waals surface area contributed by atoms with Gasteiger partial charge in [-0.25, -0.2) is 0 Å². The molecule has 3 heteroatoms. The first-order valence-electron chi connectivity index (χ1n) is 7.41. The van der Waals surface area contributed by atoms with Gasteiger partial charge in [0.15, 0.2) is 0 Å². The van der Waals surface area contributed by atoms with Gasteiger partial charge in [-0.05, 0) is 45.4 Å². The molecule has 1 saturated carbocycles. The number of rotatable bonds is 6. The van der Waals surface area contributed by atoms with Crippen LogP contribution in [0.15, 0.2) is 0 Å². The van der Waals surface area contributed by atoms with Gasteiger partial charge in [0.2, 0.25) is 5.91 Å². The number of hydrogen-bond acceptors (Lipinski definition) is 2. The lowest BCUT2D eigenvalue weighted by Crippen LogP contribution is -2.49. The quantitative estimate of drug-likeness (QED) is 0.766. The van der Waals surface area contributed by atoms with E-state index in [1.54, 1.807) is 0 Å². The molecule has 0 unspecified atom stereocenters. The van der Waals surface area contributed by atoms with Crippen LogP contribution in [0.1, 0.15) is 65.7 Å². The van der Waals surface area contributed by atoms with E-state index in [0.29, 0.717) is 0 Å². The highest BCUT2D eigenvalue weighted by Crippen LogP contribution is 2.32. The third-order valence-electron chi connectivity index (χ3n) is 4.04. The molecule has 1 aliphatic carbocycles. The maximum atomic E-state index is 12.1. The second-order valence-corrected chi connectivity index (χ2v) is 6.39. The van der Waals surface area contributed by atoms with Gasteiger partial charge >= 0.3 is 0 Å². The molecule has 0 radical (unpaired) electrons. The lowest BCUT2D eigenvalue weighted by Gasteiger charge is -2.31. The average molecular weight is 255 g/mol. The topological polar surface area (TPSA) is 49.3 Å². The van der Waals surface area contributed by atoms with Crippen LogP contribution in [0.5, 0.6) is 0 Å². The Morgan fingerprint density at radius 1 is 1.28 bits per heavy atom. The van der Waals surface area contributed by atoms with E-state index in [4.69, 9.17) is 5.11 Å². The summed E-state index contributed by atoms with van der Waals surface area (Å²) in [5.74, 6) is 1.12. The fourth-order valence-electron chi connectivity index (χ4n) is 2.68. The minimum absolute atomic E-state index is 0.00934. The van der Waals surface area contributed by atoms with E-state index in [1.165, 1.54) is 32.1 Å². The smallest absolute Gasteiger partial charge is 0.223 e. The average Bonchev–Trinajstić information content (AvgIpc) is 2.36. The molecule has 0 heterocycles. The molecule has 3 nitrogen and oxygen atoms in total. The molecular formula is C15H29NO2. The van der Waals surface area contributed by atoms with Crippen LogP contribution in [0.2, 0.25) is 0 Å². The highest BCUT2D eigenvalue weighted by atomic mass is 16.3. The SMILES string of the molecule is CCCCC1CCC(C(=O)NC(C)(C)CO)CC1. The molecule has 2 N–H and O–H groups in total. The van der Waals surface area contributed by atoms with Crippen molar-refractivity contribution in [3.8, 4) is 0 Å². The van der Waals surface area contributed by atoms with Gasteiger partial charge in [0.1, 0.15) is 0 Å². The molecule has 0 aliphatic heterocycles. The van der Waals surface area contributed by atoms with E-state index in [9.17, 15) is 4.79 Å². The first-order valence-corrected chi connectivity index (χ1v) is 7.41. The van der Waals surface area contributed by atoms with E-state index in [2.05, 4.69) is 12.2 Å². The molecule has 1 aliphatic rings. The molecule has 1 rings (SSSR count). The molecule has 1 fully saturated rings. The Balaban J connectivity index is 2.32. The first kappa shape index (κ1) is 15.5. The van der Waals surface area contributed by atoms with Crippen molar-refractivity contribution >= 4 is 5.91 Å². The number of nitrogens with one attached hydrogen (secondary N) is 1. The summed E-state index contributed by atoms with van der Waals surface area (Å²) >= 11 is 0. The third kappa shape index (κ3) is 4.97. The number of unbranched alkanes of at least 4 members (excludes halogenated alkanes) is 1. The van der Waals surface area contributed by atoms with Gasteiger partial charge in [-0.2, -0.15) is 0 Å². The van der Waals surface area contributed by atoms with Crippen molar-refractivity contribution in [3.05, 3.63) is 0 Å². The van der Waals surface area contributed by atoms with Crippen molar-refractivity contribution in [2.75, 3.05) is 6.61 Å². The van der Waals surface area contributed by atoms with Crippen LogP contribution in [-0.4, -0.2) is 23.2 Å². The number of amides is 1. The van der Waals surface area contributed by atoms with Crippen molar-refractivity contribution in [2.24, 2.45) is 11.8 Å². The monoisotopic (exact) mass is 255 g/mol. The predicted molar refractivity (Wildman–Crippen MR) is 74.3 cm³/mol. The van der Waals surface area contributed by atoms with Gasteiger partial charge in [-0.3, -0.25) is 4.79 Å². The van der Waals surface area contributed by atoms with Crippen molar-refractivity contribution in [3.63, 3.8) is 0 Å². The third-order valence-corrected chi connectivity index (χ3v) is 4.04. The minimum Gasteiger partial charge on any atom is -0.394 e. The fourth-order valence-corrected chi connectivity index (χ4v) is 2.68. The van der Waals surface area contributed by atoms with Crippen LogP contribution < -0.4 is 5.32 Å². The van der Waals surface area contributed by atoms with Gasteiger partial charge < -0.3 is 10.4 Å². The summed E-state index contributed by atoms with van der Waals surface area (Å²) < 4.78 is 0. The summed E-state index contributed by atoms with van der Waals surface area (Å²) in [6.07, 6.45) is 8.33. The highest BCUT2D eigenvalue weighted by Gasteiger charge is 2.29. The number of aliphatic hydroxyl groups excluding tert-OH is 1. The molecular weight excluding hydrogens is 226 g/mol. The zero-order valence-electron chi connectivity index (χ0n) is 12.2. The lowest BCUT2D eigenvalue weighted by molar-refractivity contribution is -0.128. The summed E-state index contributed by atoms with van der Waals surface area (Å²) in [7, 11) is 0. The maximum Gasteiger partial charge on any atom is 0.223 e. The Kier molecular flexibility index (Phi) is 6.13.